The van der Waals surface area contributed by atoms with Gasteiger partial charge in [-0.3, -0.25) is 0 Å². The summed E-state index contributed by atoms with van der Waals surface area (Å²) in [5.41, 5.74) is 5.54. The van der Waals surface area contributed by atoms with Crippen LogP contribution in [0.4, 0.5) is 0 Å². The predicted molar refractivity (Wildman–Crippen MR) is 68.0 cm³/mol. The SMILES string of the molecule is Cc1ccc(C2(CCC#N)COC2)c(C)c1C. The third-order valence-corrected chi connectivity index (χ3v) is 4.10. The maximum absolute atomic E-state index is 8.77. The molecule has 0 bridgehead atoms. The van der Waals surface area contributed by atoms with E-state index in [2.05, 4.69) is 39.0 Å². The van der Waals surface area contributed by atoms with Crippen molar-refractivity contribution in [2.24, 2.45) is 0 Å². The van der Waals surface area contributed by atoms with E-state index >= 15 is 0 Å². The molecule has 0 saturated carbocycles. The zero-order chi connectivity index (χ0) is 12.5. The van der Waals surface area contributed by atoms with Crippen LogP contribution in [0.25, 0.3) is 0 Å². The number of hydrogen-bond donors (Lipinski definition) is 0. The fraction of sp³-hybridized carbons (Fsp3) is 0.533. The summed E-state index contributed by atoms with van der Waals surface area (Å²) in [5.74, 6) is 0. The first kappa shape index (κ1) is 12.1. The Hall–Kier alpha value is -1.33. The standard InChI is InChI=1S/C15H19NO/c1-11-5-6-14(13(3)12(11)2)15(7-4-8-16)9-17-10-15/h5-6H,4,7,9-10H2,1-3H3. The van der Waals surface area contributed by atoms with Gasteiger partial charge < -0.3 is 4.74 Å². The minimum absolute atomic E-state index is 0.0955. The van der Waals surface area contributed by atoms with Gasteiger partial charge in [-0.15, -0.1) is 0 Å². The topological polar surface area (TPSA) is 33.0 Å². The molecule has 1 saturated heterocycles. The molecular formula is C15H19NO. The summed E-state index contributed by atoms with van der Waals surface area (Å²) in [4.78, 5) is 0. The van der Waals surface area contributed by atoms with Gasteiger partial charge in [0.1, 0.15) is 0 Å². The Balaban J connectivity index is 2.38. The van der Waals surface area contributed by atoms with E-state index in [0.29, 0.717) is 6.42 Å². The van der Waals surface area contributed by atoms with E-state index in [1.54, 1.807) is 0 Å². The first-order valence-corrected chi connectivity index (χ1v) is 6.13. The van der Waals surface area contributed by atoms with Crippen molar-refractivity contribution in [3.05, 3.63) is 34.4 Å². The van der Waals surface area contributed by atoms with Crippen LogP contribution in [0.2, 0.25) is 0 Å². The van der Waals surface area contributed by atoms with E-state index in [4.69, 9.17) is 10.00 Å². The van der Waals surface area contributed by atoms with Gasteiger partial charge in [0.15, 0.2) is 0 Å². The summed E-state index contributed by atoms with van der Waals surface area (Å²) < 4.78 is 5.41. The first-order chi connectivity index (χ1) is 8.10. The Morgan fingerprint density at radius 1 is 1.24 bits per heavy atom. The molecule has 0 atom stereocenters. The minimum Gasteiger partial charge on any atom is -0.379 e. The third kappa shape index (κ3) is 1.96. The van der Waals surface area contributed by atoms with Gasteiger partial charge in [0, 0.05) is 11.8 Å². The zero-order valence-electron chi connectivity index (χ0n) is 10.8. The van der Waals surface area contributed by atoms with Crippen LogP contribution < -0.4 is 0 Å². The lowest BCUT2D eigenvalue weighted by atomic mass is 9.72. The van der Waals surface area contributed by atoms with Crippen molar-refractivity contribution >= 4 is 0 Å². The Morgan fingerprint density at radius 3 is 2.47 bits per heavy atom. The number of hydrogen-bond acceptors (Lipinski definition) is 2. The summed E-state index contributed by atoms with van der Waals surface area (Å²) in [5, 5.41) is 8.77. The monoisotopic (exact) mass is 229 g/mol. The second-order valence-electron chi connectivity index (χ2n) is 5.11. The molecular weight excluding hydrogens is 210 g/mol. The van der Waals surface area contributed by atoms with Crippen LogP contribution in [0, 0.1) is 32.1 Å². The fourth-order valence-electron chi connectivity index (χ4n) is 2.61. The van der Waals surface area contributed by atoms with Crippen molar-refractivity contribution in [2.75, 3.05) is 13.2 Å². The van der Waals surface area contributed by atoms with E-state index in [1.165, 1.54) is 22.3 Å². The Bertz CT molecular complexity index is 467. The first-order valence-electron chi connectivity index (χ1n) is 6.13. The van der Waals surface area contributed by atoms with Gasteiger partial charge in [0.2, 0.25) is 0 Å². The van der Waals surface area contributed by atoms with Gasteiger partial charge in [-0.05, 0) is 49.4 Å². The molecule has 1 aromatic rings. The summed E-state index contributed by atoms with van der Waals surface area (Å²) in [7, 11) is 0. The zero-order valence-corrected chi connectivity index (χ0v) is 10.8. The molecule has 2 rings (SSSR count). The van der Waals surface area contributed by atoms with Crippen LogP contribution in [0.15, 0.2) is 12.1 Å². The van der Waals surface area contributed by atoms with E-state index in [-0.39, 0.29) is 5.41 Å². The van der Waals surface area contributed by atoms with E-state index < -0.39 is 0 Å². The van der Waals surface area contributed by atoms with E-state index in [9.17, 15) is 0 Å². The van der Waals surface area contributed by atoms with Crippen molar-refractivity contribution in [3.63, 3.8) is 0 Å². The second-order valence-corrected chi connectivity index (χ2v) is 5.11. The maximum Gasteiger partial charge on any atom is 0.0622 e. The smallest absolute Gasteiger partial charge is 0.0622 e. The molecule has 0 spiro atoms. The third-order valence-electron chi connectivity index (χ3n) is 4.10. The molecule has 1 fully saturated rings. The molecule has 2 heteroatoms. The molecule has 0 aliphatic carbocycles. The highest BCUT2D eigenvalue weighted by Crippen LogP contribution is 2.39. The van der Waals surface area contributed by atoms with E-state index in [1.807, 2.05) is 0 Å². The van der Waals surface area contributed by atoms with Crippen LogP contribution in [0.5, 0.6) is 0 Å². The van der Waals surface area contributed by atoms with Crippen molar-refractivity contribution < 1.29 is 4.74 Å². The van der Waals surface area contributed by atoms with Gasteiger partial charge in [-0.1, -0.05) is 12.1 Å². The second kappa shape index (κ2) is 4.50. The number of nitriles is 1. The van der Waals surface area contributed by atoms with Crippen molar-refractivity contribution in [1.82, 2.24) is 0 Å². The molecule has 2 nitrogen and oxygen atoms in total. The van der Waals surface area contributed by atoms with Crippen molar-refractivity contribution in [2.45, 2.75) is 39.0 Å². The molecule has 1 heterocycles. The highest BCUT2D eigenvalue weighted by atomic mass is 16.5. The molecule has 1 aliphatic heterocycles. The average molecular weight is 229 g/mol. The molecule has 0 aromatic heterocycles. The number of rotatable bonds is 3. The van der Waals surface area contributed by atoms with Gasteiger partial charge in [0.05, 0.1) is 19.3 Å². The summed E-state index contributed by atoms with van der Waals surface area (Å²) in [6, 6.07) is 6.66. The van der Waals surface area contributed by atoms with Gasteiger partial charge in [-0.25, -0.2) is 0 Å². The molecule has 90 valence electrons. The van der Waals surface area contributed by atoms with Gasteiger partial charge in [-0.2, -0.15) is 5.26 Å². The number of aryl methyl sites for hydroxylation is 1. The van der Waals surface area contributed by atoms with Crippen LogP contribution in [0.1, 0.15) is 35.1 Å². The highest BCUT2D eigenvalue weighted by molar-refractivity contribution is 5.44. The normalized spacial score (nSPS) is 17.3. The molecule has 0 N–H and O–H groups in total. The fourth-order valence-corrected chi connectivity index (χ4v) is 2.61. The van der Waals surface area contributed by atoms with Crippen LogP contribution >= 0.6 is 0 Å². The number of benzene rings is 1. The number of nitrogens with zero attached hydrogens (tertiary/aromatic N) is 1. The predicted octanol–water partition coefficient (Wildman–Crippen LogP) is 3.18. The highest BCUT2D eigenvalue weighted by Gasteiger charge is 2.40. The van der Waals surface area contributed by atoms with Crippen molar-refractivity contribution in [3.8, 4) is 6.07 Å². The van der Waals surface area contributed by atoms with Gasteiger partial charge in [0.25, 0.3) is 0 Å². The summed E-state index contributed by atoms with van der Waals surface area (Å²) >= 11 is 0. The van der Waals surface area contributed by atoms with Crippen molar-refractivity contribution in [1.29, 1.82) is 5.26 Å². The Labute approximate surface area is 103 Å². The Kier molecular flexibility index (Phi) is 3.22. The minimum atomic E-state index is 0.0955. The molecule has 1 aromatic carbocycles. The van der Waals surface area contributed by atoms with Crippen LogP contribution in [-0.2, 0) is 10.2 Å². The quantitative estimate of drug-likeness (QED) is 0.797. The molecule has 17 heavy (non-hydrogen) atoms. The lowest BCUT2D eigenvalue weighted by molar-refractivity contribution is -0.0640. The van der Waals surface area contributed by atoms with Crippen LogP contribution in [-0.4, -0.2) is 13.2 Å². The maximum atomic E-state index is 8.77. The molecule has 0 unspecified atom stereocenters. The Morgan fingerprint density at radius 2 is 1.94 bits per heavy atom. The summed E-state index contributed by atoms with van der Waals surface area (Å²) in [6.07, 6.45) is 1.52. The summed E-state index contributed by atoms with van der Waals surface area (Å²) in [6.45, 7) is 8.02. The van der Waals surface area contributed by atoms with Crippen LogP contribution in [0.3, 0.4) is 0 Å². The number of ether oxygens (including phenoxy) is 1. The van der Waals surface area contributed by atoms with E-state index in [0.717, 1.165) is 19.6 Å². The average Bonchev–Trinajstić information content (AvgIpc) is 2.27. The lowest BCUT2D eigenvalue weighted by Gasteiger charge is -2.43. The molecule has 0 amide bonds. The molecule has 0 radical (unpaired) electrons. The van der Waals surface area contributed by atoms with Gasteiger partial charge >= 0.3 is 0 Å². The lowest BCUT2D eigenvalue weighted by Crippen LogP contribution is -2.47. The largest absolute Gasteiger partial charge is 0.379 e. The molecule has 1 aliphatic rings.